The predicted molar refractivity (Wildman–Crippen MR) is 105 cm³/mol. The fourth-order valence-corrected chi connectivity index (χ4v) is 4.18. The zero-order valence-corrected chi connectivity index (χ0v) is 16.7. The number of aromatic nitrogens is 3. The molecule has 2 N–H and O–H groups in total. The van der Waals surface area contributed by atoms with Gasteiger partial charge in [0.25, 0.3) is 5.91 Å². The Hall–Kier alpha value is -1.71. The van der Waals surface area contributed by atoms with Crippen LogP contribution in [-0.4, -0.2) is 49.8 Å². The standard InChI is InChI=1S/C16H19ClN4O3S2/c1-10-9-11(2)21(20-10)13-4-3-12(17)15(19-13)16(24)18-6-8-26-25-7-5-14(22)23/h3-4,9H,5-8H2,1-2H3,(H,18,24)(H,22,23). The summed E-state index contributed by atoms with van der Waals surface area (Å²) < 4.78 is 1.66. The van der Waals surface area contributed by atoms with Crippen LogP contribution in [-0.2, 0) is 4.79 Å². The summed E-state index contributed by atoms with van der Waals surface area (Å²) in [7, 11) is 2.98. The quantitative estimate of drug-likeness (QED) is 0.480. The van der Waals surface area contributed by atoms with Crippen molar-refractivity contribution in [2.24, 2.45) is 0 Å². The average molecular weight is 415 g/mol. The molecule has 7 nitrogen and oxygen atoms in total. The molecule has 0 aliphatic rings. The maximum Gasteiger partial charge on any atom is 0.304 e. The zero-order chi connectivity index (χ0) is 19.1. The van der Waals surface area contributed by atoms with Gasteiger partial charge in [-0.15, -0.1) is 0 Å². The van der Waals surface area contributed by atoms with Gasteiger partial charge in [0, 0.05) is 23.7 Å². The zero-order valence-electron chi connectivity index (χ0n) is 14.4. The second kappa shape index (κ2) is 9.84. The van der Waals surface area contributed by atoms with Crippen LogP contribution < -0.4 is 5.32 Å². The normalized spacial score (nSPS) is 10.7. The summed E-state index contributed by atoms with van der Waals surface area (Å²) in [6.45, 7) is 4.24. The van der Waals surface area contributed by atoms with Crippen molar-refractivity contribution in [1.29, 1.82) is 0 Å². The molecular formula is C16H19ClN4O3S2. The molecule has 0 spiro atoms. The highest BCUT2D eigenvalue weighted by Gasteiger charge is 2.15. The Morgan fingerprint density at radius 2 is 2.00 bits per heavy atom. The molecule has 0 atom stereocenters. The molecule has 26 heavy (non-hydrogen) atoms. The lowest BCUT2D eigenvalue weighted by Crippen LogP contribution is -2.27. The molecule has 0 saturated heterocycles. The Balaban J connectivity index is 1.91. The van der Waals surface area contributed by atoms with Gasteiger partial charge in [-0.2, -0.15) is 5.10 Å². The van der Waals surface area contributed by atoms with Gasteiger partial charge in [-0.1, -0.05) is 33.2 Å². The lowest BCUT2D eigenvalue weighted by molar-refractivity contribution is -0.136. The van der Waals surface area contributed by atoms with E-state index in [1.54, 1.807) is 16.8 Å². The highest BCUT2D eigenvalue weighted by Crippen LogP contribution is 2.21. The third-order valence-electron chi connectivity index (χ3n) is 3.23. The molecule has 0 aromatic carbocycles. The third-order valence-corrected chi connectivity index (χ3v) is 5.94. The van der Waals surface area contributed by atoms with Crippen molar-refractivity contribution in [2.45, 2.75) is 20.3 Å². The first-order valence-electron chi connectivity index (χ1n) is 7.83. The number of carbonyl (C=O) groups excluding carboxylic acids is 1. The highest BCUT2D eigenvalue weighted by molar-refractivity contribution is 8.76. The summed E-state index contributed by atoms with van der Waals surface area (Å²) in [5.41, 5.74) is 1.93. The molecule has 1 amide bonds. The number of hydrogen-bond donors (Lipinski definition) is 2. The molecule has 0 aliphatic carbocycles. The van der Waals surface area contributed by atoms with Crippen molar-refractivity contribution in [1.82, 2.24) is 20.1 Å². The number of aryl methyl sites for hydroxylation is 2. The summed E-state index contributed by atoms with van der Waals surface area (Å²) in [6, 6.07) is 5.27. The van der Waals surface area contributed by atoms with E-state index in [4.69, 9.17) is 16.7 Å². The minimum atomic E-state index is -0.811. The van der Waals surface area contributed by atoms with Gasteiger partial charge in [-0.25, -0.2) is 9.67 Å². The summed E-state index contributed by atoms with van der Waals surface area (Å²) in [5.74, 6) is 0.560. The van der Waals surface area contributed by atoms with E-state index in [1.165, 1.54) is 21.6 Å². The number of hydrogen-bond acceptors (Lipinski definition) is 6. The van der Waals surface area contributed by atoms with Crippen molar-refractivity contribution in [3.05, 3.63) is 40.3 Å². The number of rotatable bonds is 9. The van der Waals surface area contributed by atoms with Gasteiger partial charge < -0.3 is 10.4 Å². The first kappa shape index (κ1) is 20.6. The van der Waals surface area contributed by atoms with E-state index < -0.39 is 5.97 Å². The van der Waals surface area contributed by atoms with Crippen LogP contribution in [0.2, 0.25) is 5.02 Å². The van der Waals surface area contributed by atoms with Crippen LogP contribution in [0.25, 0.3) is 5.82 Å². The van der Waals surface area contributed by atoms with E-state index >= 15 is 0 Å². The molecule has 0 aliphatic heterocycles. The maximum atomic E-state index is 12.3. The number of aliphatic carboxylic acids is 1. The van der Waals surface area contributed by atoms with Gasteiger partial charge in [0.15, 0.2) is 5.82 Å². The van der Waals surface area contributed by atoms with Gasteiger partial charge in [-0.05, 0) is 32.0 Å². The Kier molecular flexibility index (Phi) is 7.80. The number of carbonyl (C=O) groups is 2. The number of carboxylic acids is 1. The molecule has 2 aromatic heterocycles. The van der Waals surface area contributed by atoms with Gasteiger partial charge in [0.1, 0.15) is 5.69 Å². The minimum Gasteiger partial charge on any atom is -0.481 e. The van der Waals surface area contributed by atoms with Crippen LogP contribution in [0.1, 0.15) is 28.3 Å². The monoisotopic (exact) mass is 414 g/mol. The molecule has 2 rings (SSSR count). The molecule has 2 aromatic rings. The average Bonchev–Trinajstić information content (AvgIpc) is 2.92. The van der Waals surface area contributed by atoms with E-state index in [1.807, 2.05) is 19.9 Å². The first-order valence-corrected chi connectivity index (χ1v) is 10.7. The van der Waals surface area contributed by atoms with Crippen molar-refractivity contribution >= 4 is 45.1 Å². The van der Waals surface area contributed by atoms with Crippen molar-refractivity contribution in [3.8, 4) is 5.82 Å². The SMILES string of the molecule is Cc1cc(C)n(-c2ccc(Cl)c(C(=O)NCCSSCCC(=O)O)n2)n1. The van der Waals surface area contributed by atoms with Gasteiger partial charge in [-0.3, -0.25) is 9.59 Å². The molecule has 0 saturated carbocycles. The van der Waals surface area contributed by atoms with Crippen molar-refractivity contribution < 1.29 is 14.7 Å². The lowest BCUT2D eigenvalue weighted by Gasteiger charge is -2.09. The number of carboxylic acid groups (broad SMARTS) is 1. The van der Waals surface area contributed by atoms with Gasteiger partial charge in [0.2, 0.25) is 0 Å². The molecular weight excluding hydrogens is 396 g/mol. The number of halogens is 1. The minimum absolute atomic E-state index is 0.128. The van der Waals surface area contributed by atoms with Crippen LogP contribution >= 0.6 is 33.2 Å². The van der Waals surface area contributed by atoms with Gasteiger partial charge in [0.05, 0.1) is 17.1 Å². The predicted octanol–water partition coefficient (Wildman–Crippen LogP) is 3.12. The van der Waals surface area contributed by atoms with Crippen molar-refractivity contribution in [2.75, 3.05) is 18.1 Å². The fourth-order valence-electron chi connectivity index (χ4n) is 2.11. The smallest absolute Gasteiger partial charge is 0.304 e. The lowest BCUT2D eigenvalue weighted by atomic mass is 10.3. The number of amides is 1. The Morgan fingerprint density at radius 1 is 1.27 bits per heavy atom. The summed E-state index contributed by atoms with van der Waals surface area (Å²) in [6.07, 6.45) is 0.128. The first-order chi connectivity index (χ1) is 12.4. The largest absolute Gasteiger partial charge is 0.481 e. The van der Waals surface area contributed by atoms with E-state index in [2.05, 4.69) is 15.4 Å². The fraction of sp³-hybridized carbons (Fsp3) is 0.375. The van der Waals surface area contributed by atoms with E-state index in [9.17, 15) is 9.59 Å². The Morgan fingerprint density at radius 3 is 2.65 bits per heavy atom. The van der Waals surface area contributed by atoms with Crippen LogP contribution in [0, 0.1) is 13.8 Å². The molecule has 0 radical (unpaired) electrons. The van der Waals surface area contributed by atoms with E-state index in [0.717, 1.165) is 11.4 Å². The van der Waals surface area contributed by atoms with Crippen molar-refractivity contribution in [3.63, 3.8) is 0 Å². The highest BCUT2D eigenvalue weighted by atomic mass is 35.5. The van der Waals surface area contributed by atoms with Crippen LogP contribution in [0.15, 0.2) is 18.2 Å². The summed E-state index contributed by atoms with van der Waals surface area (Å²) >= 11 is 6.12. The maximum absolute atomic E-state index is 12.3. The molecule has 0 fully saturated rings. The molecule has 0 unspecified atom stereocenters. The van der Waals surface area contributed by atoms with Crippen LogP contribution in [0.4, 0.5) is 0 Å². The third kappa shape index (κ3) is 5.93. The Labute approximate surface area is 164 Å². The topological polar surface area (TPSA) is 97.1 Å². The number of nitrogens with one attached hydrogen (secondary N) is 1. The van der Waals surface area contributed by atoms with Crippen LogP contribution in [0.3, 0.4) is 0 Å². The molecule has 0 bridgehead atoms. The van der Waals surface area contributed by atoms with Crippen LogP contribution in [0.5, 0.6) is 0 Å². The molecule has 140 valence electrons. The number of nitrogens with zero attached hydrogens (tertiary/aromatic N) is 3. The van der Waals surface area contributed by atoms with E-state index in [-0.39, 0.29) is 23.0 Å². The van der Waals surface area contributed by atoms with E-state index in [0.29, 0.717) is 23.9 Å². The molecule has 10 heteroatoms. The summed E-state index contributed by atoms with van der Waals surface area (Å²) in [4.78, 5) is 27.1. The Bertz CT molecular complexity index is 798. The second-order valence-electron chi connectivity index (χ2n) is 5.38. The summed E-state index contributed by atoms with van der Waals surface area (Å²) in [5, 5.41) is 16.0. The number of pyridine rings is 1. The second-order valence-corrected chi connectivity index (χ2v) is 8.49. The molecule has 2 heterocycles. The van der Waals surface area contributed by atoms with Gasteiger partial charge >= 0.3 is 5.97 Å².